The Morgan fingerprint density at radius 1 is 1.26 bits per heavy atom. The van der Waals surface area contributed by atoms with E-state index in [0.29, 0.717) is 23.4 Å². The first-order valence-electron chi connectivity index (χ1n) is 6.02. The Morgan fingerprint density at radius 3 is 2.74 bits per heavy atom. The number of nitrogens with one attached hydrogen (secondary N) is 1. The number of carbonyl (C=O) groups is 1. The summed E-state index contributed by atoms with van der Waals surface area (Å²) < 4.78 is 0. The van der Waals surface area contributed by atoms with Crippen LogP contribution in [0.5, 0.6) is 0 Å². The summed E-state index contributed by atoms with van der Waals surface area (Å²) in [5, 5.41) is 5.74. The summed E-state index contributed by atoms with van der Waals surface area (Å²) in [5.74, 6) is 0.367. The quantitative estimate of drug-likeness (QED) is 0.839. The summed E-state index contributed by atoms with van der Waals surface area (Å²) in [7, 11) is 0. The van der Waals surface area contributed by atoms with Crippen molar-refractivity contribution < 1.29 is 4.79 Å². The average molecular weight is 258 g/mol. The van der Waals surface area contributed by atoms with Gasteiger partial charge in [0.05, 0.1) is 18.5 Å². The van der Waals surface area contributed by atoms with E-state index in [9.17, 15) is 4.79 Å². The van der Waals surface area contributed by atoms with Gasteiger partial charge >= 0.3 is 0 Å². The number of hydrogen-bond donors (Lipinski definition) is 1. The van der Waals surface area contributed by atoms with Gasteiger partial charge in [-0.2, -0.15) is 10.1 Å². The number of H-pyrrole nitrogens is 1. The Balaban J connectivity index is 2.10. The highest BCUT2D eigenvalue weighted by molar-refractivity contribution is 6.15. The van der Waals surface area contributed by atoms with E-state index in [1.54, 1.807) is 0 Å². The maximum Gasteiger partial charge on any atom is 0.254 e. The highest BCUT2D eigenvalue weighted by Gasteiger charge is 2.33. The van der Waals surface area contributed by atoms with E-state index in [4.69, 9.17) is 0 Å². The highest BCUT2D eigenvalue weighted by atomic mass is 16.2. The fraction of sp³-hybridized carbons (Fsp3) is 0.417. The number of carbonyl (C=O) groups excluding carboxylic acids is 1. The third-order valence-corrected chi connectivity index (χ3v) is 3.04. The Morgan fingerprint density at radius 2 is 2.05 bits per heavy atom. The number of hydrogen-bond acceptors (Lipinski definition) is 5. The van der Waals surface area contributed by atoms with Gasteiger partial charge < -0.3 is 4.98 Å². The Kier molecular flexibility index (Phi) is 2.38. The first kappa shape index (κ1) is 11.8. The van der Waals surface area contributed by atoms with Gasteiger partial charge in [-0.15, -0.1) is 0 Å². The molecule has 19 heavy (non-hydrogen) atoms. The van der Waals surface area contributed by atoms with Gasteiger partial charge in [0.2, 0.25) is 0 Å². The van der Waals surface area contributed by atoms with Crippen molar-refractivity contribution in [1.29, 1.82) is 0 Å². The van der Waals surface area contributed by atoms with E-state index >= 15 is 0 Å². The molecule has 1 N–H and O–H groups in total. The van der Waals surface area contributed by atoms with Crippen molar-refractivity contribution in [1.82, 2.24) is 19.9 Å². The third kappa shape index (κ3) is 1.87. The van der Waals surface area contributed by atoms with Crippen LogP contribution >= 0.6 is 0 Å². The van der Waals surface area contributed by atoms with Crippen LogP contribution in [0.2, 0.25) is 0 Å². The second-order valence-corrected chi connectivity index (χ2v) is 5.48. The summed E-state index contributed by atoms with van der Waals surface area (Å²) in [6.45, 7) is 6.11. The summed E-state index contributed by atoms with van der Waals surface area (Å²) in [6.07, 6.45) is 3.23. The van der Waals surface area contributed by atoms with Gasteiger partial charge in [-0.25, -0.2) is 15.0 Å². The highest BCUT2D eigenvalue weighted by Crippen LogP contribution is 2.29. The minimum Gasteiger partial charge on any atom is -0.340 e. The number of amides is 1. The van der Waals surface area contributed by atoms with Crippen molar-refractivity contribution in [2.75, 3.05) is 5.01 Å². The van der Waals surface area contributed by atoms with Crippen LogP contribution in [0, 0.1) is 5.41 Å². The number of aromatic nitrogens is 4. The smallest absolute Gasteiger partial charge is 0.254 e. The average Bonchev–Trinajstić information content (AvgIpc) is 2.93. The molecule has 0 radical (unpaired) electrons. The van der Waals surface area contributed by atoms with Crippen LogP contribution in [-0.4, -0.2) is 31.6 Å². The molecule has 7 nitrogen and oxygen atoms in total. The largest absolute Gasteiger partial charge is 0.340 e. The van der Waals surface area contributed by atoms with E-state index in [1.165, 1.54) is 17.7 Å². The minimum atomic E-state index is -0.134. The molecule has 0 saturated heterocycles. The molecular formula is C12H14N6O. The summed E-state index contributed by atoms with van der Waals surface area (Å²) in [5.41, 5.74) is 1.86. The van der Waals surface area contributed by atoms with Crippen LogP contribution in [0.15, 0.2) is 17.8 Å². The van der Waals surface area contributed by atoms with Gasteiger partial charge in [-0.05, 0) is 0 Å². The zero-order valence-electron chi connectivity index (χ0n) is 11.0. The molecule has 0 atom stereocenters. The molecule has 7 heteroatoms. The SMILES string of the molecule is CC(C)(C)C1=NN(c2ncnc3nc[nH]c23)C(=O)C1. The summed E-state index contributed by atoms with van der Waals surface area (Å²) >= 11 is 0. The van der Waals surface area contributed by atoms with Crippen molar-refractivity contribution in [3.63, 3.8) is 0 Å². The van der Waals surface area contributed by atoms with E-state index < -0.39 is 0 Å². The maximum atomic E-state index is 12.1. The molecular weight excluding hydrogens is 244 g/mol. The molecule has 1 amide bonds. The molecule has 3 heterocycles. The Labute approximate surface area is 109 Å². The number of nitrogens with zero attached hydrogens (tertiary/aromatic N) is 5. The fourth-order valence-corrected chi connectivity index (χ4v) is 1.92. The molecule has 1 aliphatic rings. The first-order valence-corrected chi connectivity index (χ1v) is 6.02. The van der Waals surface area contributed by atoms with Gasteiger partial charge in [-0.3, -0.25) is 4.79 Å². The van der Waals surface area contributed by atoms with Crippen molar-refractivity contribution in [2.45, 2.75) is 27.2 Å². The molecule has 0 aromatic carbocycles. The maximum absolute atomic E-state index is 12.1. The number of aromatic amines is 1. The first-order chi connectivity index (χ1) is 8.97. The number of imidazole rings is 1. The van der Waals surface area contributed by atoms with Crippen molar-refractivity contribution in [3.8, 4) is 0 Å². The molecule has 0 saturated carbocycles. The predicted molar refractivity (Wildman–Crippen MR) is 70.7 cm³/mol. The molecule has 0 spiro atoms. The van der Waals surface area contributed by atoms with Crippen LogP contribution < -0.4 is 5.01 Å². The number of rotatable bonds is 1. The molecule has 0 aliphatic carbocycles. The van der Waals surface area contributed by atoms with Crippen molar-refractivity contribution >= 4 is 28.6 Å². The predicted octanol–water partition coefficient (Wildman–Crippen LogP) is 1.49. The second kappa shape index (κ2) is 3.84. The van der Waals surface area contributed by atoms with E-state index in [0.717, 1.165) is 5.71 Å². The van der Waals surface area contributed by atoms with Gasteiger partial charge in [0.1, 0.15) is 11.8 Å². The molecule has 1 aliphatic heterocycles. The lowest BCUT2D eigenvalue weighted by atomic mass is 9.88. The van der Waals surface area contributed by atoms with Gasteiger partial charge in [0, 0.05) is 5.41 Å². The Hall–Kier alpha value is -2.31. The zero-order valence-corrected chi connectivity index (χ0v) is 11.0. The number of anilines is 1. The van der Waals surface area contributed by atoms with Crippen molar-refractivity contribution in [2.24, 2.45) is 10.5 Å². The van der Waals surface area contributed by atoms with Crippen LogP contribution in [0.4, 0.5) is 5.82 Å². The van der Waals surface area contributed by atoms with Gasteiger partial charge in [0.25, 0.3) is 5.91 Å². The molecule has 2 aromatic heterocycles. The van der Waals surface area contributed by atoms with Crippen LogP contribution in [-0.2, 0) is 4.79 Å². The number of fused-ring (bicyclic) bond motifs is 1. The van der Waals surface area contributed by atoms with Crippen molar-refractivity contribution in [3.05, 3.63) is 12.7 Å². The van der Waals surface area contributed by atoms with Gasteiger partial charge in [0.15, 0.2) is 11.5 Å². The number of hydrazone groups is 1. The summed E-state index contributed by atoms with van der Waals surface area (Å²) in [4.78, 5) is 27.3. The molecule has 0 bridgehead atoms. The lowest BCUT2D eigenvalue weighted by Crippen LogP contribution is -2.21. The second-order valence-electron chi connectivity index (χ2n) is 5.48. The van der Waals surface area contributed by atoms with Crippen LogP contribution in [0.1, 0.15) is 27.2 Å². The third-order valence-electron chi connectivity index (χ3n) is 3.04. The fourth-order valence-electron chi connectivity index (χ4n) is 1.92. The van der Waals surface area contributed by atoms with E-state index in [2.05, 4.69) is 25.0 Å². The molecule has 98 valence electrons. The lowest BCUT2D eigenvalue weighted by molar-refractivity contribution is -0.117. The minimum absolute atomic E-state index is 0.0838. The molecule has 3 rings (SSSR count). The zero-order chi connectivity index (χ0) is 13.6. The standard InChI is InChI=1S/C12H14N6O/c1-12(2,3)7-4-8(19)18(17-7)11-9-10(14-5-13-9)15-6-16-11/h5-6H,4H2,1-3H3,(H,13,14,15,16). The topological polar surface area (TPSA) is 87.1 Å². The van der Waals surface area contributed by atoms with E-state index in [-0.39, 0.29) is 11.3 Å². The van der Waals surface area contributed by atoms with Crippen LogP contribution in [0.3, 0.4) is 0 Å². The monoisotopic (exact) mass is 258 g/mol. The molecule has 0 fully saturated rings. The lowest BCUT2D eigenvalue weighted by Gasteiger charge is -2.16. The summed E-state index contributed by atoms with van der Waals surface area (Å²) in [6, 6.07) is 0. The van der Waals surface area contributed by atoms with E-state index in [1.807, 2.05) is 20.8 Å². The van der Waals surface area contributed by atoms with Crippen LogP contribution in [0.25, 0.3) is 11.2 Å². The molecule has 0 unspecified atom stereocenters. The Bertz CT molecular complexity index is 681. The normalized spacial score (nSPS) is 16.3. The molecule has 2 aromatic rings. The van der Waals surface area contributed by atoms with Gasteiger partial charge in [-0.1, -0.05) is 20.8 Å².